The summed E-state index contributed by atoms with van der Waals surface area (Å²) in [5, 5.41) is 3.37. The van der Waals surface area contributed by atoms with Crippen LogP contribution in [-0.2, 0) is 14.8 Å². The maximum Gasteiger partial charge on any atom is 0.243 e. The first-order valence-electron chi connectivity index (χ1n) is 8.68. The molecule has 0 atom stereocenters. The summed E-state index contributed by atoms with van der Waals surface area (Å²) in [6.07, 6.45) is 0. The Labute approximate surface area is 175 Å². The van der Waals surface area contributed by atoms with Crippen molar-refractivity contribution < 1.29 is 17.9 Å². The van der Waals surface area contributed by atoms with Crippen LogP contribution in [0.15, 0.2) is 52.3 Å². The highest BCUT2D eigenvalue weighted by Gasteiger charge is 2.23. The molecular formula is C19H23ClN2O4S2. The summed E-state index contributed by atoms with van der Waals surface area (Å²) in [5.41, 5.74) is 0.317. The van der Waals surface area contributed by atoms with Crippen molar-refractivity contribution in [1.82, 2.24) is 4.31 Å². The molecule has 9 heteroatoms. The molecule has 2 aromatic carbocycles. The Morgan fingerprint density at radius 3 is 2.36 bits per heavy atom. The van der Waals surface area contributed by atoms with Crippen molar-refractivity contribution in [2.45, 2.75) is 23.6 Å². The summed E-state index contributed by atoms with van der Waals surface area (Å²) < 4.78 is 32.1. The van der Waals surface area contributed by atoms with E-state index in [1.807, 2.05) is 12.1 Å². The van der Waals surface area contributed by atoms with Crippen LogP contribution in [0.25, 0.3) is 0 Å². The molecule has 1 amide bonds. The number of thioether (sulfide) groups is 1. The van der Waals surface area contributed by atoms with Gasteiger partial charge in [-0.05, 0) is 42.5 Å². The zero-order valence-corrected chi connectivity index (χ0v) is 18.3. The standard InChI is InChI=1S/C19H23ClN2O4S2/c1-4-22(5-2)28(24,25)16-10-11-18(26-3)17(12-16)21-19(23)13-27-15-8-6-14(20)7-9-15/h6-12H,4-5,13H2,1-3H3,(H,21,23). The molecule has 0 heterocycles. The van der Waals surface area contributed by atoms with E-state index in [2.05, 4.69) is 5.32 Å². The number of halogens is 1. The smallest absolute Gasteiger partial charge is 0.243 e. The minimum absolute atomic E-state index is 0.109. The van der Waals surface area contributed by atoms with E-state index in [1.165, 1.54) is 35.3 Å². The molecule has 0 aromatic heterocycles. The molecule has 0 unspecified atom stereocenters. The van der Waals surface area contributed by atoms with Gasteiger partial charge in [0.05, 0.1) is 23.4 Å². The van der Waals surface area contributed by atoms with Gasteiger partial charge in [0, 0.05) is 23.0 Å². The molecule has 0 saturated heterocycles. The fraction of sp³-hybridized carbons (Fsp3) is 0.316. The fourth-order valence-corrected chi connectivity index (χ4v) is 4.83. The van der Waals surface area contributed by atoms with Crippen molar-refractivity contribution in [3.05, 3.63) is 47.5 Å². The van der Waals surface area contributed by atoms with Crippen LogP contribution in [0.3, 0.4) is 0 Å². The van der Waals surface area contributed by atoms with Crippen LogP contribution >= 0.6 is 23.4 Å². The second-order valence-corrected chi connectivity index (χ2v) is 9.17. The Morgan fingerprint density at radius 2 is 1.79 bits per heavy atom. The van der Waals surface area contributed by atoms with Gasteiger partial charge < -0.3 is 10.1 Å². The Hall–Kier alpha value is -1.74. The first kappa shape index (κ1) is 22.5. The predicted octanol–water partition coefficient (Wildman–Crippen LogP) is 4.11. The van der Waals surface area contributed by atoms with E-state index in [0.29, 0.717) is 29.5 Å². The lowest BCUT2D eigenvalue weighted by molar-refractivity contribution is -0.113. The molecule has 0 aliphatic rings. The molecule has 0 aliphatic heterocycles. The first-order valence-corrected chi connectivity index (χ1v) is 11.5. The number of carbonyl (C=O) groups excluding carboxylic acids is 1. The van der Waals surface area contributed by atoms with Crippen LogP contribution in [0.5, 0.6) is 5.75 Å². The molecule has 2 aromatic rings. The van der Waals surface area contributed by atoms with Gasteiger partial charge in [-0.3, -0.25) is 4.79 Å². The van der Waals surface area contributed by atoms with Crippen LogP contribution in [-0.4, -0.2) is 44.6 Å². The van der Waals surface area contributed by atoms with Gasteiger partial charge in [0.15, 0.2) is 0 Å². The van der Waals surface area contributed by atoms with Crippen LogP contribution in [0.2, 0.25) is 5.02 Å². The number of carbonyl (C=O) groups is 1. The maximum absolute atomic E-state index is 12.7. The highest BCUT2D eigenvalue weighted by Crippen LogP contribution is 2.29. The SMILES string of the molecule is CCN(CC)S(=O)(=O)c1ccc(OC)c(NC(=O)CSc2ccc(Cl)cc2)c1. The highest BCUT2D eigenvalue weighted by molar-refractivity contribution is 8.00. The molecule has 0 saturated carbocycles. The zero-order valence-electron chi connectivity index (χ0n) is 15.9. The third-order valence-electron chi connectivity index (χ3n) is 3.97. The van der Waals surface area contributed by atoms with Gasteiger partial charge in [0.1, 0.15) is 5.75 Å². The van der Waals surface area contributed by atoms with Gasteiger partial charge in [-0.15, -0.1) is 11.8 Å². The minimum Gasteiger partial charge on any atom is -0.495 e. The number of hydrogen-bond donors (Lipinski definition) is 1. The van der Waals surface area contributed by atoms with Crippen LogP contribution < -0.4 is 10.1 Å². The van der Waals surface area contributed by atoms with Gasteiger partial charge in [-0.1, -0.05) is 25.4 Å². The lowest BCUT2D eigenvalue weighted by atomic mass is 10.3. The number of amides is 1. The quantitative estimate of drug-likeness (QED) is 0.591. The van der Waals surface area contributed by atoms with E-state index in [9.17, 15) is 13.2 Å². The second kappa shape index (κ2) is 10.2. The number of hydrogen-bond acceptors (Lipinski definition) is 5. The number of benzene rings is 2. The number of sulfonamides is 1. The summed E-state index contributed by atoms with van der Waals surface area (Å²) >= 11 is 7.21. The van der Waals surface area contributed by atoms with E-state index in [-0.39, 0.29) is 16.6 Å². The van der Waals surface area contributed by atoms with Gasteiger partial charge >= 0.3 is 0 Å². The van der Waals surface area contributed by atoms with E-state index in [4.69, 9.17) is 16.3 Å². The summed E-state index contributed by atoms with van der Waals surface area (Å²) in [4.78, 5) is 13.4. The zero-order chi connectivity index (χ0) is 20.7. The fourth-order valence-electron chi connectivity index (χ4n) is 2.52. The molecule has 0 spiro atoms. The topological polar surface area (TPSA) is 75.7 Å². The minimum atomic E-state index is -3.64. The van der Waals surface area contributed by atoms with Crippen molar-refractivity contribution in [3.8, 4) is 5.75 Å². The Kier molecular flexibility index (Phi) is 8.18. The second-order valence-electron chi connectivity index (χ2n) is 5.74. The van der Waals surface area contributed by atoms with Crippen molar-refractivity contribution in [2.75, 3.05) is 31.3 Å². The van der Waals surface area contributed by atoms with Crippen LogP contribution in [0, 0.1) is 0 Å². The Balaban J connectivity index is 2.17. The molecule has 28 heavy (non-hydrogen) atoms. The highest BCUT2D eigenvalue weighted by atomic mass is 35.5. The summed E-state index contributed by atoms with van der Waals surface area (Å²) in [6, 6.07) is 11.6. The molecule has 6 nitrogen and oxygen atoms in total. The average Bonchev–Trinajstić information content (AvgIpc) is 2.68. The molecule has 1 N–H and O–H groups in total. The van der Waals surface area contributed by atoms with Gasteiger partial charge in [0.2, 0.25) is 15.9 Å². The van der Waals surface area contributed by atoms with E-state index >= 15 is 0 Å². The summed E-state index contributed by atoms with van der Waals surface area (Å²) in [5.74, 6) is 0.289. The monoisotopic (exact) mass is 442 g/mol. The molecule has 0 bridgehead atoms. The maximum atomic E-state index is 12.7. The number of methoxy groups -OCH3 is 1. The largest absolute Gasteiger partial charge is 0.495 e. The number of nitrogens with one attached hydrogen (secondary N) is 1. The normalized spacial score (nSPS) is 11.5. The number of rotatable bonds is 9. The number of anilines is 1. The lowest BCUT2D eigenvalue weighted by Crippen LogP contribution is -2.30. The van der Waals surface area contributed by atoms with Crippen LogP contribution in [0.4, 0.5) is 5.69 Å². The van der Waals surface area contributed by atoms with Crippen molar-refractivity contribution in [2.24, 2.45) is 0 Å². The van der Waals surface area contributed by atoms with Crippen molar-refractivity contribution in [3.63, 3.8) is 0 Å². The number of nitrogens with zero attached hydrogens (tertiary/aromatic N) is 1. The molecule has 0 radical (unpaired) electrons. The summed E-state index contributed by atoms with van der Waals surface area (Å²) in [7, 11) is -2.17. The van der Waals surface area contributed by atoms with Crippen LogP contribution in [0.1, 0.15) is 13.8 Å². The molecule has 0 aliphatic carbocycles. The van der Waals surface area contributed by atoms with Gasteiger partial charge in [-0.25, -0.2) is 8.42 Å². The van der Waals surface area contributed by atoms with Gasteiger partial charge in [-0.2, -0.15) is 4.31 Å². The Bertz CT molecular complexity index is 914. The van der Waals surface area contributed by atoms with Gasteiger partial charge in [0.25, 0.3) is 0 Å². The molecule has 2 rings (SSSR count). The van der Waals surface area contributed by atoms with E-state index in [1.54, 1.807) is 32.0 Å². The predicted molar refractivity (Wildman–Crippen MR) is 114 cm³/mol. The number of ether oxygens (including phenoxy) is 1. The van der Waals surface area contributed by atoms with Crippen molar-refractivity contribution >= 4 is 45.0 Å². The van der Waals surface area contributed by atoms with E-state index < -0.39 is 10.0 Å². The molecular weight excluding hydrogens is 420 g/mol. The average molecular weight is 443 g/mol. The molecule has 152 valence electrons. The third-order valence-corrected chi connectivity index (χ3v) is 7.28. The third kappa shape index (κ3) is 5.64. The lowest BCUT2D eigenvalue weighted by Gasteiger charge is -2.19. The Morgan fingerprint density at radius 1 is 1.14 bits per heavy atom. The summed E-state index contributed by atoms with van der Waals surface area (Å²) in [6.45, 7) is 4.29. The first-order chi connectivity index (χ1) is 13.3. The van der Waals surface area contributed by atoms with Crippen molar-refractivity contribution in [1.29, 1.82) is 0 Å². The van der Waals surface area contributed by atoms with E-state index in [0.717, 1.165) is 4.90 Å². The molecule has 0 fully saturated rings.